The van der Waals surface area contributed by atoms with E-state index in [1.54, 1.807) is 0 Å². The summed E-state index contributed by atoms with van der Waals surface area (Å²) in [4.78, 5) is 26.6. The molecule has 1 aromatic heterocycles. The number of ketones is 1. The zero-order chi connectivity index (χ0) is 13.2. The third-order valence-corrected chi connectivity index (χ3v) is 3.89. The van der Waals surface area contributed by atoms with Crippen LogP contribution in [0.3, 0.4) is 0 Å². The smallest absolute Gasteiger partial charge is 0.358 e. The van der Waals surface area contributed by atoms with Crippen molar-refractivity contribution in [1.29, 1.82) is 0 Å². The summed E-state index contributed by atoms with van der Waals surface area (Å²) in [5, 5.41) is 0.207. The summed E-state index contributed by atoms with van der Waals surface area (Å²) in [7, 11) is -2.09. The molecular formula is C9H11NO5S2. The summed E-state index contributed by atoms with van der Waals surface area (Å²) in [5.41, 5.74) is -0.122. The van der Waals surface area contributed by atoms with Gasteiger partial charge in [0.15, 0.2) is 21.3 Å². The molecule has 0 saturated heterocycles. The number of methoxy groups -OCH3 is 1. The van der Waals surface area contributed by atoms with Crippen LogP contribution >= 0.6 is 11.3 Å². The van der Waals surface area contributed by atoms with Gasteiger partial charge in [0, 0.05) is 13.2 Å². The first kappa shape index (κ1) is 13.8. The van der Waals surface area contributed by atoms with Crippen LogP contribution in [0.25, 0.3) is 0 Å². The minimum atomic E-state index is -3.25. The summed E-state index contributed by atoms with van der Waals surface area (Å²) in [5.74, 6) is -1.39. The van der Waals surface area contributed by atoms with Crippen LogP contribution in [0.2, 0.25) is 0 Å². The molecule has 17 heavy (non-hydrogen) atoms. The lowest BCUT2D eigenvalue weighted by Gasteiger charge is -1.95. The van der Waals surface area contributed by atoms with Gasteiger partial charge in [-0.1, -0.05) is 0 Å². The first-order valence-corrected chi connectivity index (χ1v) is 7.39. The fraction of sp³-hybridized carbons (Fsp3) is 0.444. The molecule has 0 bridgehead atoms. The molecule has 1 aromatic rings. The number of sulfone groups is 1. The van der Waals surface area contributed by atoms with Crippen molar-refractivity contribution in [1.82, 2.24) is 4.98 Å². The van der Waals surface area contributed by atoms with E-state index in [4.69, 9.17) is 0 Å². The number of nitrogens with zero attached hydrogens (tertiary/aromatic N) is 1. The van der Waals surface area contributed by atoms with Crippen molar-refractivity contribution in [2.24, 2.45) is 0 Å². The molecule has 0 radical (unpaired) electrons. The summed E-state index contributed by atoms with van der Waals surface area (Å²) < 4.78 is 26.7. The van der Waals surface area contributed by atoms with Crippen LogP contribution in [0.15, 0.2) is 0 Å². The highest BCUT2D eigenvalue weighted by atomic mass is 32.2. The van der Waals surface area contributed by atoms with Crippen LogP contribution in [0.4, 0.5) is 0 Å². The standard InChI is InChI=1S/C9H11NO5S2/c1-5(11)8-7(9(12)15-2)10-6(16-8)4-17(3,13)14/h4H2,1-3H3. The highest BCUT2D eigenvalue weighted by molar-refractivity contribution is 7.90. The number of esters is 1. The van der Waals surface area contributed by atoms with Crippen molar-refractivity contribution in [3.05, 3.63) is 15.6 Å². The van der Waals surface area contributed by atoms with Gasteiger partial charge in [-0.15, -0.1) is 11.3 Å². The number of carbonyl (C=O) groups is 2. The van der Waals surface area contributed by atoms with Crippen LogP contribution in [-0.2, 0) is 20.3 Å². The summed E-state index contributed by atoms with van der Waals surface area (Å²) in [6.45, 7) is 1.28. The van der Waals surface area contributed by atoms with Gasteiger partial charge in [-0.25, -0.2) is 18.2 Å². The average molecular weight is 277 g/mol. The molecule has 0 aliphatic heterocycles. The van der Waals surface area contributed by atoms with Crippen molar-refractivity contribution >= 4 is 32.9 Å². The van der Waals surface area contributed by atoms with Crippen LogP contribution in [0.1, 0.15) is 32.1 Å². The molecule has 0 amide bonds. The highest BCUT2D eigenvalue weighted by Gasteiger charge is 2.22. The lowest BCUT2D eigenvalue weighted by Crippen LogP contribution is -2.07. The van der Waals surface area contributed by atoms with E-state index in [0.29, 0.717) is 0 Å². The number of hydrogen-bond acceptors (Lipinski definition) is 7. The highest BCUT2D eigenvalue weighted by Crippen LogP contribution is 2.21. The lowest BCUT2D eigenvalue weighted by atomic mass is 10.3. The van der Waals surface area contributed by atoms with Gasteiger partial charge in [0.2, 0.25) is 0 Å². The monoisotopic (exact) mass is 277 g/mol. The molecule has 0 aliphatic rings. The Kier molecular flexibility index (Phi) is 3.99. The average Bonchev–Trinajstić information content (AvgIpc) is 2.57. The first-order chi connectivity index (χ1) is 7.74. The van der Waals surface area contributed by atoms with Crippen molar-refractivity contribution in [3.8, 4) is 0 Å². The number of ether oxygens (including phenoxy) is 1. The first-order valence-electron chi connectivity index (χ1n) is 4.51. The van der Waals surface area contributed by atoms with Crippen molar-refractivity contribution < 1.29 is 22.7 Å². The molecule has 0 fully saturated rings. The molecule has 94 valence electrons. The molecule has 6 nitrogen and oxygen atoms in total. The maximum absolute atomic E-state index is 11.3. The van der Waals surface area contributed by atoms with E-state index in [9.17, 15) is 18.0 Å². The third-order valence-electron chi connectivity index (χ3n) is 1.76. The maximum Gasteiger partial charge on any atom is 0.358 e. The number of carbonyl (C=O) groups excluding carboxylic acids is 2. The lowest BCUT2D eigenvalue weighted by molar-refractivity contribution is 0.0591. The second kappa shape index (κ2) is 4.92. The third kappa shape index (κ3) is 3.60. The number of aromatic nitrogens is 1. The van der Waals surface area contributed by atoms with Crippen molar-refractivity contribution in [3.63, 3.8) is 0 Å². The molecule has 0 unspecified atom stereocenters. The topological polar surface area (TPSA) is 90.4 Å². The quantitative estimate of drug-likeness (QED) is 0.593. The fourth-order valence-corrected chi connectivity index (χ4v) is 3.26. The van der Waals surface area contributed by atoms with E-state index in [-0.39, 0.29) is 27.1 Å². The number of Topliss-reactive ketones (excluding diaryl/α,β-unsaturated/α-hetero) is 1. The van der Waals surface area contributed by atoms with E-state index in [1.165, 1.54) is 14.0 Å². The summed E-state index contributed by atoms with van der Waals surface area (Å²) >= 11 is 0.898. The second-order valence-corrected chi connectivity index (χ2v) is 6.63. The SMILES string of the molecule is COC(=O)c1nc(CS(C)(=O)=O)sc1C(C)=O. The van der Waals surface area contributed by atoms with Crippen LogP contribution in [0, 0.1) is 0 Å². The van der Waals surface area contributed by atoms with Gasteiger partial charge in [0.25, 0.3) is 0 Å². The van der Waals surface area contributed by atoms with Crippen LogP contribution < -0.4 is 0 Å². The zero-order valence-corrected chi connectivity index (χ0v) is 11.1. The Morgan fingerprint density at radius 3 is 2.41 bits per heavy atom. The predicted octanol–water partition coefficient (Wildman–Crippen LogP) is 0.677. The van der Waals surface area contributed by atoms with E-state index in [2.05, 4.69) is 9.72 Å². The normalized spacial score (nSPS) is 11.2. The van der Waals surface area contributed by atoms with Gasteiger partial charge >= 0.3 is 5.97 Å². The number of hydrogen-bond donors (Lipinski definition) is 0. The molecule has 0 aromatic carbocycles. The maximum atomic E-state index is 11.3. The van der Waals surface area contributed by atoms with Gasteiger partial charge in [-0.05, 0) is 0 Å². The van der Waals surface area contributed by atoms with E-state index < -0.39 is 15.8 Å². The fourth-order valence-electron chi connectivity index (χ4n) is 1.12. The molecule has 8 heteroatoms. The van der Waals surface area contributed by atoms with E-state index in [1.807, 2.05) is 0 Å². The Labute approximate surface area is 103 Å². The van der Waals surface area contributed by atoms with Gasteiger partial charge < -0.3 is 4.74 Å². The van der Waals surface area contributed by atoms with E-state index >= 15 is 0 Å². The number of rotatable bonds is 4. The molecule has 1 heterocycles. The van der Waals surface area contributed by atoms with Gasteiger partial charge in [-0.3, -0.25) is 4.79 Å². The Balaban J connectivity index is 3.22. The predicted molar refractivity (Wildman–Crippen MR) is 62.0 cm³/mol. The summed E-state index contributed by atoms with van der Waals surface area (Å²) in [6, 6.07) is 0. The molecule has 1 rings (SSSR count). The molecule has 0 saturated carbocycles. The Hall–Kier alpha value is -1.28. The van der Waals surface area contributed by atoms with Crippen molar-refractivity contribution in [2.45, 2.75) is 12.7 Å². The van der Waals surface area contributed by atoms with Crippen LogP contribution in [0.5, 0.6) is 0 Å². The second-order valence-electron chi connectivity index (χ2n) is 3.40. The van der Waals surface area contributed by atoms with Gasteiger partial charge in [0.05, 0.1) is 7.11 Å². The Bertz CT molecular complexity index is 558. The largest absolute Gasteiger partial charge is 0.464 e. The van der Waals surface area contributed by atoms with Crippen molar-refractivity contribution in [2.75, 3.05) is 13.4 Å². The zero-order valence-electron chi connectivity index (χ0n) is 9.51. The Morgan fingerprint density at radius 1 is 1.41 bits per heavy atom. The summed E-state index contributed by atoms with van der Waals surface area (Å²) in [6.07, 6.45) is 1.06. The minimum absolute atomic E-state index is 0.121. The van der Waals surface area contributed by atoms with E-state index in [0.717, 1.165) is 17.6 Å². The number of thiazole rings is 1. The molecule has 0 atom stereocenters. The van der Waals surface area contributed by atoms with Gasteiger partial charge in [0.1, 0.15) is 15.6 Å². The molecule has 0 N–H and O–H groups in total. The van der Waals surface area contributed by atoms with Gasteiger partial charge in [-0.2, -0.15) is 0 Å². The molecular weight excluding hydrogens is 266 g/mol. The Morgan fingerprint density at radius 2 is 2.00 bits per heavy atom. The minimum Gasteiger partial charge on any atom is -0.464 e. The van der Waals surface area contributed by atoms with Crippen LogP contribution in [-0.4, -0.2) is 38.5 Å². The molecule has 0 spiro atoms. The molecule has 0 aliphatic carbocycles.